The highest BCUT2D eigenvalue weighted by Crippen LogP contribution is 2.02. The van der Waals surface area contributed by atoms with Gasteiger partial charge in [0.25, 0.3) is 0 Å². The molecule has 0 aliphatic heterocycles. The lowest BCUT2D eigenvalue weighted by Crippen LogP contribution is -2.39. The van der Waals surface area contributed by atoms with E-state index in [0.717, 1.165) is 38.0 Å². The van der Waals surface area contributed by atoms with Crippen molar-refractivity contribution in [3.63, 3.8) is 0 Å². The first kappa shape index (κ1) is 18.2. The minimum absolute atomic E-state index is 0.366. The number of hydrogen-bond acceptors (Lipinski definition) is 4. The fourth-order valence-corrected chi connectivity index (χ4v) is 3.04. The normalized spacial score (nSPS) is 13.7. The monoisotopic (exact) mass is 296 g/mol. The molecular formula is C12H28N2O2S2. The van der Waals surface area contributed by atoms with Gasteiger partial charge in [0.15, 0.2) is 0 Å². The van der Waals surface area contributed by atoms with Gasteiger partial charge in [-0.3, -0.25) is 0 Å². The number of unbranched alkanes of at least 4 members (excludes halogenated alkanes) is 2. The van der Waals surface area contributed by atoms with E-state index in [1.54, 1.807) is 6.92 Å². The Morgan fingerprint density at radius 3 is 2.50 bits per heavy atom. The summed E-state index contributed by atoms with van der Waals surface area (Å²) >= 11 is 1.83. The van der Waals surface area contributed by atoms with Crippen LogP contribution < -0.4 is 10.0 Å². The van der Waals surface area contributed by atoms with Crippen LogP contribution in [0.25, 0.3) is 0 Å². The van der Waals surface area contributed by atoms with Crippen LogP contribution in [-0.2, 0) is 10.0 Å². The van der Waals surface area contributed by atoms with Crippen LogP contribution in [0.1, 0.15) is 39.5 Å². The molecule has 0 aliphatic rings. The molecule has 1 atom stereocenters. The molecule has 6 heteroatoms. The number of sulfonamides is 1. The van der Waals surface area contributed by atoms with Gasteiger partial charge in [0.05, 0.1) is 5.25 Å². The summed E-state index contributed by atoms with van der Waals surface area (Å²) in [7, 11) is -3.15. The summed E-state index contributed by atoms with van der Waals surface area (Å²) in [6.45, 7) is 5.77. The lowest BCUT2D eigenvalue weighted by Gasteiger charge is -2.14. The topological polar surface area (TPSA) is 58.2 Å². The van der Waals surface area contributed by atoms with Gasteiger partial charge in [-0.15, -0.1) is 0 Å². The van der Waals surface area contributed by atoms with Gasteiger partial charge in [-0.25, -0.2) is 13.1 Å². The predicted molar refractivity (Wildman–Crippen MR) is 81.8 cm³/mol. The largest absolute Gasteiger partial charge is 0.315 e. The highest BCUT2D eigenvalue weighted by Gasteiger charge is 2.18. The molecule has 0 aromatic rings. The van der Waals surface area contributed by atoms with Gasteiger partial charge in [-0.2, -0.15) is 11.8 Å². The Labute approximate surface area is 117 Å². The standard InChI is InChI=1S/C12H28N2O2S2/c1-4-8-13-11-12(2)18(15,16)14-9-6-5-7-10-17-3/h12-14H,4-11H2,1-3H3. The average Bonchev–Trinajstić information content (AvgIpc) is 2.33. The molecule has 0 fully saturated rings. The number of rotatable bonds is 12. The molecule has 18 heavy (non-hydrogen) atoms. The molecule has 110 valence electrons. The average molecular weight is 297 g/mol. The number of hydrogen-bond donors (Lipinski definition) is 2. The van der Waals surface area contributed by atoms with E-state index in [2.05, 4.69) is 23.2 Å². The Hall–Kier alpha value is 0.220. The van der Waals surface area contributed by atoms with Crippen LogP contribution in [0.4, 0.5) is 0 Å². The van der Waals surface area contributed by atoms with E-state index >= 15 is 0 Å². The van der Waals surface area contributed by atoms with Crippen molar-refractivity contribution in [2.75, 3.05) is 31.6 Å². The minimum atomic E-state index is -3.15. The molecule has 2 N–H and O–H groups in total. The Kier molecular flexibility index (Phi) is 11.2. The zero-order valence-corrected chi connectivity index (χ0v) is 13.5. The minimum Gasteiger partial charge on any atom is -0.315 e. The van der Waals surface area contributed by atoms with Gasteiger partial charge in [0, 0.05) is 13.1 Å². The SMILES string of the molecule is CCCNCC(C)S(=O)(=O)NCCCCCSC. The second-order valence-corrected chi connectivity index (χ2v) is 7.68. The quantitative estimate of drug-likeness (QED) is 0.539. The summed E-state index contributed by atoms with van der Waals surface area (Å²) in [4.78, 5) is 0. The van der Waals surface area contributed by atoms with Crippen LogP contribution in [0.5, 0.6) is 0 Å². The molecule has 1 unspecified atom stereocenters. The van der Waals surface area contributed by atoms with E-state index in [-0.39, 0.29) is 5.25 Å². The summed E-state index contributed by atoms with van der Waals surface area (Å²) in [5, 5.41) is 2.77. The molecule has 4 nitrogen and oxygen atoms in total. The Bertz CT molecular complexity index is 282. The fraction of sp³-hybridized carbons (Fsp3) is 1.00. The van der Waals surface area contributed by atoms with Crippen molar-refractivity contribution in [2.24, 2.45) is 0 Å². The highest BCUT2D eigenvalue weighted by atomic mass is 32.2. The van der Waals surface area contributed by atoms with Crippen LogP contribution in [-0.4, -0.2) is 45.3 Å². The zero-order chi connectivity index (χ0) is 13.9. The van der Waals surface area contributed by atoms with Crippen molar-refractivity contribution >= 4 is 21.8 Å². The van der Waals surface area contributed by atoms with Gasteiger partial charge in [0.2, 0.25) is 10.0 Å². The van der Waals surface area contributed by atoms with Crippen LogP contribution >= 0.6 is 11.8 Å². The lowest BCUT2D eigenvalue weighted by molar-refractivity contribution is 0.553. The molecule has 0 aromatic carbocycles. The van der Waals surface area contributed by atoms with Gasteiger partial charge in [-0.05, 0) is 44.7 Å². The summed E-state index contributed by atoms with van der Waals surface area (Å²) in [6, 6.07) is 0. The first-order valence-corrected chi connectivity index (χ1v) is 9.66. The Morgan fingerprint density at radius 2 is 1.89 bits per heavy atom. The molecule has 0 spiro atoms. The van der Waals surface area contributed by atoms with Crippen molar-refractivity contribution < 1.29 is 8.42 Å². The van der Waals surface area contributed by atoms with Gasteiger partial charge in [0.1, 0.15) is 0 Å². The maximum atomic E-state index is 11.9. The number of thioether (sulfide) groups is 1. The van der Waals surface area contributed by atoms with Crippen molar-refractivity contribution in [1.82, 2.24) is 10.0 Å². The molecule has 0 aliphatic carbocycles. The van der Waals surface area contributed by atoms with Crippen LogP contribution in [0.3, 0.4) is 0 Å². The second-order valence-electron chi connectivity index (χ2n) is 4.51. The van der Waals surface area contributed by atoms with Crippen molar-refractivity contribution in [1.29, 1.82) is 0 Å². The molecule has 0 saturated heterocycles. The summed E-state index contributed by atoms with van der Waals surface area (Å²) in [5.74, 6) is 1.16. The Balaban J connectivity index is 3.71. The van der Waals surface area contributed by atoms with E-state index in [1.165, 1.54) is 0 Å². The Morgan fingerprint density at radius 1 is 1.17 bits per heavy atom. The third-order valence-corrected chi connectivity index (χ3v) is 5.25. The van der Waals surface area contributed by atoms with Crippen LogP contribution in [0.2, 0.25) is 0 Å². The predicted octanol–water partition coefficient (Wildman–Crippen LogP) is 1.83. The van der Waals surface area contributed by atoms with E-state index in [9.17, 15) is 8.42 Å². The van der Waals surface area contributed by atoms with Crippen LogP contribution in [0.15, 0.2) is 0 Å². The highest BCUT2D eigenvalue weighted by molar-refractivity contribution is 7.98. The molecule has 0 radical (unpaired) electrons. The first-order valence-electron chi connectivity index (χ1n) is 6.72. The third-order valence-electron chi connectivity index (χ3n) is 2.72. The van der Waals surface area contributed by atoms with E-state index in [4.69, 9.17) is 0 Å². The van der Waals surface area contributed by atoms with Gasteiger partial charge >= 0.3 is 0 Å². The van der Waals surface area contributed by atoms with Gasteiger partial charge < -0.3 is 5.32 Å². The van der Waals surface area contributed by atoms with E-state index in [0.29, 0.717) is 13.1 Å². The van der Waals surface area contributed by atoms with Crippen molar-refractivity contribution in [3.8, 4) is 0 Å². The second kappa shape index (κ2) is 11.1. The summed E-state index contributed by atoms with van der Waals surface area (Å²) < 4.78 is 26.4. The lowest BCUT2D eigenvalue weighted by atomic mass is 10.2. The fourth-order valence-electron chi connectivity index (χ4n) is 1.50. The zero-order valence-electron chi connectivity index (χ0n) is 11.9. The molecule has 0 rings (SSSR count). The van der Waals surface area contributed by atoms with Crippen LogP contribution in [0, 0.1) is 0 Å². The smallest absolute Gasteiger partial charge is 0.215 e. The number of nitrogens with one attached hydrogen (secondary N) is 2. The van der Waals surface area contributed by atoms with E-state index in [1.807, 2.05) is 11.8 Å². The molecule has 0 bridgehead atoms. The van der Waals surface area contributed by atoms with E-state index < -0.39 is 10.0 Å². The maximum absolute atomic E-state index is 11.9. The third kappa shape index (κ3) is 9.19. The molecule has 0 amide bonds. The van der Waals surface area contributed by atoms with Crippen molar-refractivity contribution in [2.45, 2.75) is 44.8 Å². The maximum Gasteiger partial charge on any atom is 0.215 e. The molecule has 0 heterocycles. The molecule has 0 aromatic heterocycles. The summed E-state index contributed by atoms with van der Waals surface area (Å²) in [5.41, 5.74) is 0. The summed E-state index contributed by atoms with van der Waals surface area (Å²) in [6.07, 6.45) is 6.29. The molecule has 0 saturated carbocycles. The van der Waals surface area contributed by atoms with Gasteiger partial charge in [-0.1, -0.05) is 13.3 Å². The van der Waals surface area contributed by atoms with Crippen molar-refractivity contribution in [3.05, 3.63) is 0 Å². The molecular weight excluding hydrogens is 268 g/mol. The first-order chi connectivity index (χ1) is 8.54.